The molecule has 1 amide bonds. The number of hydrogen-bond acceptors (Lipinski definition) is 4. The zero-order chi connectivity index (χ0) is 17.9. The van der Waals surface area contributed by atoms with Gasteiger partial charge in [0.15, 0.2) is 5.76 Å². The minimum atomic E-state index is -3.41. The Bertz CT molecular complexity index is 831. The van der Waals surface area contributed by atoms with Crippen molar-refractivity contribution in [2.24, 2.45) is 0 Å². The lowest BCUT2D eigenvalue weighted by atomic mass is 10.2. The molecule has 0 saturated carbocycles. The van der Waals surface area contributed by atoms with Gasteiger partial charge in [0.25, 0.3) is 5.91 Å². The molecule has 25 heavy (non-hydrogen) atoms. The summed E-state index contributed by atoms with van der Waals surface area (Å²) in [7, 11) is -3.41. The van der Waals surface area contributed by atoms with Crippen LogP contribution in [0.25, 0.3) is 0 Å². The third-order valence-electron chi connectivity index (χ3n) is 4.30. The summed E-state index contributed by atoms with van der Waals surface area (Å²) in [5.41, 5.74) is 1.83. The van der Waals surface area contributed by atoms with E-state index in [4.69, 9.17) is 4.42 Å². The lowest BCUT2D eigenvalue weighted by molar-refractivity contribution is 0.0732. The van der Waals surface area contributed by atoms with Crippen LogP contribution in [0.1, 0.15) is 28.1 Å². The van der Waals surface area contributed by atoms with Crippen LogP contribution in [-0.2, 0) is 15.8 Å². The second-order valence-electron chi connectivity index (χ2n) is 6.27. The number of furan rings is 1. The van der Waals surface area contributed by atoms with Gasteiger partial charge in [0.2, 0.25) is 10.0 Å². The molecule has 0 radical (unpaired) electrons. The lowest BCUT2D eigenvalue weighted by Crippen LogP contribution is -2.37. The molecule has 3 rings (SSSR count). The van der Waals surface area contributed by atoms with E-state index in [0.29, 0.717) is 32.6 Å². The number of aryl methyl sites for hydroxylation is 1. The van der Waals surface area contributed by atoms with E-state index in [0.717, 1.165) is 11.1 Å². The van der Waals surface area contributed by atoms with Crippen molar-refractivity contribution in [1.82, 2.24) is 9.21 Å². The minimum absolute atomic E-state index is 0.0131. The van der Waals surface area contributed by atoms with Crippen LogP contribution in [-0.4, -0.2) is 49.7 Å². The highest BCUT2D eigenvalue weighted by Crippen LogP contribution is 2.16. The smallest absolute Gasteiger partial charge is 0.289 e. The number of carbonyl (C=O) groups is 1. The molecule has 1 aliphatic rings. The van der Waals surface area contributed by atoms with Crippen molar-refractivity contribution >= 4 is 15.9 Å². The van der Waals surface area contributed by atoms with Crippen LogP contribution in [0.4, 0.5) is 0 Å². The molecule has 1 fully saturated rings. The Morgan fingerprint density at radius 2 is 1.96 bits per heavy atom. The Kier molecular flexibility index (Phi) is 5.24. The van der Waals surface area contributed by atoms with E-state index in [1.54, 1.807) is 17.0 Å². The van der Waals surface area contributed by atoms with E-state index in [9.17, 15) is 13.2 Å². The fraction of sp³-hybridized carbons (Fsp3) is 0.389. The third kappa shape index (κ3) is 4.29. The first-order valence-electron chi connectivity index (χ1n) is 8.32. The predicted octanol–water partition coefficient (Wildman–Crippen LogP) is 2.27. The van der Waals surface area contributed by atoms with Crippen LogP contribution in [0.5, 0.6) is 0 Å². The minimum Gasteiger partial charge on any atom is -0.459 e. The Labute approximate surface area is 148 Å². The van der Waals surface area contributed by atoms with Gasteiger partial charge < -0.3 is 9.32 Å². The van der Waals surface area contributed by atoms with Crippen molar-refractivity contribution in [2.75, 3.05) is 26.2 Å². The molecule has 1 saturated heterocycles. The van der Waals surface area contributed by atoms with Gasteiger partial charge >= 0.3 is 0 Å². The lowest BCUT2D eigenvalue weighted by Gasteiger charge is -2.21. The Balaban J connectivity index is 1.66. The van der Waals surface area contributed by atoms with Gasteiger partial charge in [-0.25, -0.2) is 8.42 Å². The fourth-order valence-electron chi connectivity index (χ4n) is 3.03. The summed E-state index contributed by atoms with van der Waals surface area (Å²) >= 11 is 0. The maximum Gasteiger partial charge on any atom is 0.289 e. The number of benzene rings is 1. The molecule has 2 heterocycles. The maximum atomic E-state index is 12.7. The first-order valence-corrected chi connectivity index (χ1v) is 9.93. The predicted molar refractivity (Wildman–Crippen MR) is 94.6 cm³/mol. The van der Waals surface area contributed by atoms with E-state index in [2.05, 4.69) is 0 Å². The monoisotopic (exact) mass is 362 g/mol. The Morgan fingerprint density at radius 3 is 2.68 bits per heavy atom. The molecule has 0 spiro atoms. The second-order valence-corrected chi connectivity index (χ2v) is 8.24. The molecular formula is C18H22N2O4S. The molecule has 134 valence electrons. The van der Waals surface area contributed by atoms with E-state index < -0.39 is 10.0 Å². The van der Waals surface area contributed by atoms with Crippen molar-refractivity contribution in [1.29, 1.82) is 0 Å². The van der Waals surface area contributed by atoms with E-state index in [1.807, 2.05) is 31.2 Å². The van der Waals surface area contributed by atoms with Crippen LogP contribution in [0.15, 0.2) is 47.1 Å². The van der Waals surface area contributed by atoms with Crippen molar-refractivity contribution in [2.45, 2.75) is 19.1 Å². The molecule has 1 aromatic carbocycles. The first kappa shape index (κ1) is 17.7. The summed E-state index contributed by atoms with van der Waals surface area (Å²) in [6.45, 7) is 3.57. The molecule has 2 aromatic rings. The van der Waals surface area contributed by atoms with Crippen molar-refractivity contribution in [3.8, 4) is 0 Å². The Hall–Kier alpha value is -2.12. The molecule has 0 N–H and O–H groups in total. The molecule has 0 unspecified atom stereocenters. The number of hydrogen-bond donors (Lipinski definition) is 0. The molecule has 7 heteroatoms. The second kappa shape index (κ2) is 7.41. The van der Waals surface area contributed by atoms with Crippen LogP contribution < -0.4 is 0 Å². The van der Waals surface area contributed by atoms with Gasteiger partial charge in [-0.2, -0.15) is 4.31 Å². The van der Waals surface area contributed by atoms with Crippen LogP contribution in [0.3, 0.4) is 0 Å². The standard InChI is InChI=1S/C18H22N2O4S/c1-15-5-2-6-16(13-15)14-25(22,23)20-9-4-8-19(10-11-20)18(21)17-7-3-12-24-17/h2-3,5-7,12-13H,4,8-11,14H2,1H3. The quantitative estimate of drug-likeness (QED) is 0.836. The van der Waals surface area contributed by atoms with Crippen LogP contribution >= 0.6 is 0 Å². The van der Waals surface area contributed by atoms with E-state index in [-0.39, 0.29) is 17.4 Å². The van der Waals surface area contributed by atoms with Crippen molar-refractivity contribution in [3.63, 3.8) is 0 Å². The third-order valence-corrected chi connectivity index (χ3v) is 6.15. The van der Waals surface area contributed by atoms with Crippen molar-refractivity contribution < 1.29 is 17.6 Å². The van der Waals surface area contributed by atoms with Gasteiger partial charge in [-0.05, 0) is 31.0 Å². The average Bonchev–Trinajstić information content (AvgIpc) is 2.97. The number of sulfonamides is 1. The average molecular weight is 362 g/mol. The molecule has 1 aromatic heterocycles. The molecule has 1 aliphatic heterocycles. The van der Waals surface area contributed by atoms with Crippen molar-refractivity contribution in [3.05, 3.63) is 59.5 Å². The van der Waals surface area contributed by atoms with Gasteiger partial charge in [-0.1, -0.05) is 29.8 Å². The number of rotatable bonds is 4. The van der Waals surface area contributed by atoms with Gasteiger partial charge in [0.1, 0.15) is 0 Å². The molecule has 0 aliphatic carbocycles. The number of nitrogens with zero attached hydrogens (tertiary/aromatic N) is 2. The zero-order valence-electron chi connectivity index (χ0n) is 14.2. The van der Waals surface area contributed by atoms with Crippen LogP contribution in [0, 0.1) is 6.92 Å². The summed E-state index contributed by atoms with van der Waals surface area (Å²) in [6.07, 6.45) is 2.07. The highest BCUT2D eigenvalue weighted by molar-refractivity contribution is 7.88. The fourth-order valence-corrected chi connectivity index (χ4v) is 4.59. The first-order chi connectivity index (χ1) is 12.0. The SMILES string of the molecule is Cc1cccc(CS(=O)(=O)N2CCCN(C(=O)c3ccco3)CC2)c1. The molecular weight excluding hydrogens is 340 g/mol. The highest BCUT2D eigenvalue weighted by Gasteiger charge is 2.28. The molecule has 6 nitrogen and oxygen atoms in total. The number of carbonyl (C=O) groups excluding carboxylic acids is 1. The Morgan fingerprint density at radius 1 is 1.12 bits per heavy atom. The maximum absolute atomic E-state index is 12.7. The topological polar surface area (TPSA) is 70.8 Å². The summed E-state index contributed by atoms with van der Waals surface area (Å²) < 4.78 is 32.1. The summed E-state index contributed by atoms with van der Waals surface area (Å²) in [6, 6.07) is 10.8. The zero-order valence-corrected chi connectivity index (χ0v) is 15.0. The van der Waals surface area contributed by atoms with E-state index >= 15 is 0 Å². The van der Waals surface area contributed by atoms with Gasteiger partial charge in [-0.15, -0.1) is 0 Å². The molecule has 0 bridgehead atoms. The summed E-state index contributed by atoms with van der Waals surface area (Å²) in [4.78, 5) is 14.0. The van der Waals surface area contributed by atoms with Crippen LogP contribution in [0.2, 0.25) is 0 Å². The van der Waals surface area contributed by atoms with Gasteiger partial charge in [0.05, 0.1) is 12.0 Å². The van der Waals surface area contributed by atoms with E-state index in [1.165, 1.54) is 10.6 Å². The molecule has 0 atom stereocenters. The largest absolute Gasteiger partial charge is 0.459 e. The summed E-state index contributed by atoms with van der Waals surface area (Å²) in [5, 5.41) is 0. The normalized spacial score (nSPS) is 16.6. The number of amides is 1. The summed E-state index contributed by atoms with van der Waals surface area (Å²) in [5.74, 6) is 0.0832. The van der Waals surface area contributed by atoms with Gasteiger partial charge in [-0.3, -0.25) is 4.79 Å². The van der Waals surface area contributed by atoms with Gasteiger partial charge in [0, 0.05) is 26.2 Å². The highest BCUT2D eigenvalue weighted by atomic mass is 32.2.